The van der Waals surface area contributed by atoms with Crippen LogP contribution in [0.1, 0.15) is 0 Å². The van der Waals surface area contributed by atoms with Crippen molar-refractivity contribution in [1.29, 1.82) is 0 Å². The van der Waals surface area contributed by atoms with Crippen molar-refractivity contribution in [3.05, 3.63) is 35.8 Å². The molecule has 0 aliphatic heterocycles. The minimum Gasteiger partial charge on any atom is -0.464 e. The van der Waals surface area contributed by atoms with Crippen LogP contribution in [-0.4, -0.2) is 15.8 Å². The largest absolute Gasteiger partial charge is 0.464 e. The summed E-state index contributed by atoms with van der Waals surface area (Å²) in [5, 5.41) is 13.1. The van der Waals surface area contributed by atoms with Gasteiger partial charge in [-0.1, -0.05) is 6.07 Å². The van der Waals surface area contributed by atoms with E-state index in [1.54, 1.807) is 17.5 Å². The van der Waals surface area contributed by atoms with Crippen molar-refractivity contribution < 1.29 is 9.90 Å². The molecule has 1 aromatic carbocycles. The van der Waals surface area contributed by atoms with Gasteiger partial charge < -0.3 is 5.11 Å². The molecular formula is C11H7NO2S. The molecule has 4 heteroatoms. The van der Waals surface area contributed by atoms with Gasteiger partial charge in [0.15, 0.2) is 0 Å². The van der Waals surface area contributed by atoms with Gasteiger partial charge in [-0.2, -0.15) is 0 Å². The highest BCUT2D eigenvalue weighted by molar-refractivity contribution is 7.18. The molecule has 15 heavy (non-hydrogen) atoms. The van der Waals surface area contributed by atoms with Gasteiger partial charge in [0, 0.05) is 16.3 Å². The molecule has 0 saturated carbocycles. The first kappa shape index (κ1) is 8.49. The fourth-order valence-electron chi connectivity index (χ4n) is 1.81. The Bertz CT molecular complexity index is 665. The van der Waals surface area contributed by atoms with Gasteiger partial charge in [0.05, 0.1) is 5.52 Å². The molecule has 2 heterocycles. The van der Waals surface area contributed by atoms with Crippen LogP contribution >= 0.6 is 11.3 Å². The van der Waals surface area contributed by atoms with Gasteiger partial charge in [0.25, 0.3) is 0 Å². The summed E-state index contributed by atoms with van der Waals surface area (Å²) in [6.07, 6.45) is 0.646. The second kappa shape index (κ2) is 2.84. The van der Waals surface area contributed by atoms with Crippen LogP contribution in [0.5, 0.6) is 0 Å². The van der Waals surface area contributed by atoms with E-state index in [4.69, 9.17) is 5.11 Å². The molecule has 1 N–H and O–H groups in total. The lowest BCUT2D eigenvalue weighted by Gasteiger charge is -1.97. The van der Waals surface area contributed by atoms with Gasteiger partial charge in [0.1, 0.15) is 0 Å². The van der Waals surface area contributed by atoms with Crippen molar-refractivity contribution >= 4 is 38.4 Å². The lowest BCUT2D eigenvalue weighted by Crippen LogP contribution is -2.05. The van der Waals surface area contributed by atoms with E-state index >= 15 is 0 Å². The SMILES string of the molecule is O=C(O)n1ccc2c3sccc3ccc21. The van der Waals surface area contributed by atoms with Crippen molar-refractivity contribution in [2.75, 3.05) is 0 Å². The normalized spacial score (nSPS) is 11.2. The number of hydrogen-bond acceptors (Lipinski definition) is 2. The molecular weight excluding hydrogens is 210 g/mol. The molecule has 0 spiro atoms. The Hall–Kier alpha value is -1.81. The number of rotatable bonds is 0. The van der Waals surface area contributed by atoms with Gasteiger partial charge in [-0.3, -0.25) is 4.57 Å². The number of carboxylic acid groups (broad SMARTS) is 1. The monoisotopic (exact) mass is 217 g/mol. The van der Waals surface area contributed by atoms with Gasteiger partial charge in [-0.25, -0.2) is 4.79 Å². The molecule has 0 bridgehead atoms. The first-order chi connectivity index (χ1) is 7.27. The maximum absolute atomic E-state index is 10.9. The number of aromatic nitrogens is 1. The Morgan fingerprint density at radius 3 is 2.93 bits per heavy atom. The van der Waals surface area contributed by atoms with Gasteiger partial charge >= 0.3 is 6.09 Å². The minimum absolute atomic E-state index is 0.748. The number of carbonyl (C=O) groups is 1. The second-order valence-electron chi connectivity index (χ2n) is 3.31. The number of nitrogens with zero attached hydrogens (tertiary/aromatic N) is 1. The molecule has 0 radical (unpaired) electrons. The highest BCUT2D eigenvalue weighted by Crippen LogP contribution is 2.30. The Labute approximate surface area is 89.2 Å². The van der Waals surface area contributed by atoms with Crippen LogP contribution in [0.2, 0.25) is 0 Å². The van der Waals surface area contributed by atoms with E-state index in [-0.39, 0.29) is 0 Å². The lowest BCUT2D eigenvalue weighted by molar-refractivity contribution is 0.197. The molecule has 0 aliphatic carbocycles. The molecule has 0 atom stereocenters. The van der Waals surface area contributed by atoms with E-state index in [0.29, 0.717) is 0 Å². The van der Waals surface area contributed by atoms with Crippen molar-refractivity contribution in [3.63, 3.8) is 0 Å². The molecule has 0 fully saturated rings. The number of hydrogen-bond donors (Lipinski definition) is 1. The molecule has 3 nitrogen and oxygen atoms in total. The Morgan fingerprint density at radius 1 is 1.27 bits per heavy atom. The topological polar surface area (TPSA) is 42.2 Å². The first-order valence-corrected chi connectivity index (χ1v) is 5.36. The summed E-state index contributed by atoms with van der Waals surface area (Å²) >= 11 is 1.64. The maximum Gasteiger partial charge on any atom is 0.416 e. The first-order valence-electron chi connectivity index (χ1n) is 4.48. The Balaban J connectivity index is 2.51. The van der Waals surface area contributed by atoms with E-state index in [1.165, 1.54) is 4.57 Å². The number of fused-ring (bicyclic) bond motifs is 3. The average Bonchev–Trinajstić information content (AvgIpc) is 2.82. The Morgan fingerprint density at radius 2 is 2.13 bits per heavy atom. The van der Waals surface area contributed by atoms with Crippen LogP contribution in [0.25, 0.3) is 21.0 Å². The molecule has 0 amide bonds. The zero-order valence-corrected chi connectivity index (χ0v) is 8.49. The highest BCUT2D eigenvalue weighted by Gasteiger charge is 2.09. The summed E-state index contributed by atoms with van der Waals surface area (Å²) in [6, 6.07) is 7.69. The smallest absolute Gasteiger partial charge is 0.416 e. The summed E-state index contributed by atoms with van der Waals surface area (Å²) in [7, 11) is 0. The predicted octanol–water partition coefficient (Wildman–Crippen LogP) is 3.38. The Kier molecular flexibility index (Phi) is 1.61. The average molecular weight is 217 g/mol. The van der Waals surface area contributed by atoms with Crippen molar-refractivity contribution in [1.82, 2.24) is 4.57 Å². The van der Waals surface area contributed by atoms with E-state index < -0.39 is 6.09 Å². The molecule has 0 saturated heterocycles. The summed E-state index contributed by atoms with van der Waals surface area (Å²) in [6.45, 7) is 0. The van der Waals surface area contributed by atoms with Crippen LogP contribution < -0.4 is 0 Å². The predicted molar refractivity (Wildman–Crippen MR) is 60.7 cm³/mol. The van der Waals surface area contributed by atoms with Gasteiger partial charge in [-0.15, -0.1) is 11.3 Å². The maximum atomic E-state index is 10.9. The zero-order valence-electron chi connectivity index (χ0n) is 7.68. The van der Waals surface area contributed by atoms with E-state index in [2.05, 4.69) is 0 Å². The van der Waals surface area contributed by atoms with E-state index in [1.807, 2.05) is 29.6 Å². The van der Waals surface area contributed by atoms with Crippen LogP contribution in [0.15, 0.2) is 35.8 Å². The van der Waals surface area contributed by atoms with Gasteiger partial charge in [-0.05, 0) is 29.0 Å². The van der Waals surface area contributed by atoms with Crippen molar-refractivity contribution in [3.8, 4) is 0 Å². The minimum atomic E-state index is -0.944. The number of benzene rings is 1. The second-order valence-corrected chi connectivity index (χ2v) is 4.22. The summed E-state index contributed by atoms with van der Waals surface area (Å²) in [4.78, 5) is 10.9. The molecule has 0 unspecified atom stereocenters. The standard InChI is InChI=1S/C11H7NO2S/c13-11(14)12-5-3-8-9(12)2-1-7-4-6-15-10(7)8/h1-6H,(H,13,14). The summed E-state index contributed by atoms with van der Waals surface area (Å²) in [5.74, 6) is 0. The molecule has 3 aromatic rings. The molecule has 3 rings (SSSR count). The third kappa shape index (κ3) is 1.08. The van der Waals surface area contributed by atoms with E-state index in [0.717, 1.165) is 21.0 Å². The fourth-order valence-corrected chi connectivity index (χ4v) is 2.73. The van der Waals surface area contributed by atoms with Crippen LogP contribution in [0, 0.1) is 0 Å². The van der Waals surface area contributed by atoms with Crippen LogP contribution in [-0.2, 0) is 0 Å². The summed E-state index contributed by atoms with van der Waals surface area (Å²) < 4.78 is 2.39. The van der Waals surface area contributed by atoms with Crippen LogP contribution in [0.4, 0.5) is 4.79 Å². The molecule has 2 aromatic heterocycles. The third-order valence-electron chi connectivity index (χ3n) is 2.49. The quantitative estimate of drug-likeness (QED) is 0.627. The van der Waals surface area contributed by atoms with Gasteiger partial charge in [0.2, 0.25) is 0 Å². The van der Waals surface area contributed by atoms with Crippen molar-refractivity contribution in [2.45, 2.75) is 0 Å². The summed E-state index contributed by atoms with van der Waals surface area (Å²) in [5.41, 5.74) is 0.748. The third-order valence-corrected chi connectivity index (χ3v) is 3.46. The van der Waals surface area contributed by atoms with Crippen LogP contribution in [0.3, 0.4) is 0 Å². The fraction of sp³-hybridized carbons (Fsp3) is 0. The zero-order chi connectivity index (χ0) is 10.4. The van der Waals surface area contributed by atoms with Crippen molar-refractivity contribution in [2.24, 2.45) is 0 Å². The lowest BCUT2D eigenvalue weighted by atomic mass is 10.2. The highest BCUT2D eigenvalue weighted by atomic mass is 32.1. The van der Waals surface area contributed by atoms with E-state index in [9.17, 15) is 4.79 Å². The number of thiophene rings is 1. The molecule has 0 aliphatic rings. The molecule has 74 valence electrons.